The first kappa shape index (κ1) is 14.7. The Morgan fingerprint density at radius 3 is 2.71 bits per heavy atom. The monoisotopic (exact) mass is 254 g/mol. The molecule has 0 aliphatic heterocycles. The van der Waals surface area contributed by atoms with Gasteiger partial charge in [-0.1, -0.05) is 13.0 Å². The minimum absolute atomic E-state index is 0.541. The van der Waals surface area contributed by atoms with E-state index < -0.39 is 0 Å². The summed E-state index contributed by atoms with van der Waals surface area (Å²) in [5.41, 5.74) is 5.56. The maximum absolute atomic E-state index is 5.56. The van der Waals surface area contributed by atoms with Crippen LogP contribution in [0.25, 0.3) is 0 Å². The Balaban J connectivity index is 2.23. The van der Waals surface area contributed by atoms with E-state index in [1.807, 2.05) is 11.3 Å². The van der Waals surface area contributed by atoms with Crippen LogP contribution in [-0.2, 0) is 0 Å². The van der Waals surface area contributed by atoms with Gasteiger partial charge >= 0.3 is 0 Å². The quantitative estimate of drug-likeness (QED) is 0.769. The highest BCUT2D eigenvalue weighted by atomic mass is 32.1. The van der Waals surface area contributed by atoms with Crippen LogP contribution in [0.2, 0.25) is 0 Å². The van der Waals surface area contributed by atoms with Gasteiger partial charge in [0.2, 0.25) is 0 Å². The lowest BCUT2D eigenvalue weighted by Crippen LogP contribution is -2.23. The second-order valence-corrected chi connectivity index (χ2v) is 5.98. The zero-order valence-corrected chi connectivity index (χ0v) is 12.2. The molecule has 2 N–H and O–H groups in total. The van der Waals surface area contributed by atoms with E-state index in [1.165, 1.54) is 24.3 Å². The van der Waals surface area contributed by atoms with Gasteiger partial charge in [0.25, 0.3) is 0 Å². The maximum atomic E-state index is 5.56. The molecule has 17 heavy (non-hydrogen) atoms. The van der Waals surface area contributed by atoms with E-state index in [4.69, 9.17) is 5.73 Å². The molecule has 2 nitrogen and oxygen atoms in total. The van der Waals surface area contributed by atoms with Crippen LogP contribution in [-0.4, -0.2) is 25.0 Å². The summed E-state index contributed by atoms with van der Waals surface area (Å²) in [6, 6.07) is 4.90. The Labute approximate surface area is 110 Å². The fourth-order valence-electron chi connectivity index (χ4n) is 2.06. The second kappa shape index (κ2) is 7.85. The molecule has 0 aliphatic rings. The molecule has 1 heterocycles. The third-order valence-electron chi connectivity index (χ3n) is 3.48. The van der Waals surface area contributed by atoms with Gasteiger partial charge in [-0.15, -0.1) is 11.3 Å². The van der Waals surface area contributed by atoms with Crippen molar-refractivity contribution in [1.29, 1.82) is 0 Å². The number of hydrogen-bond donors (Lipinski definition) is 1. The predicted octanol–water partition coefficient (Wildman–Crippen LogP) is 3.51. The molecule has 0 spiro atoms. The molecule has 1 rings (SSSR count). The molecule has 0 radical (unpaired) electrons. The van der Waals surface area contributed by atoms with Crippen LogP contribution in [0.1, 0.15) is 44.0 Å². The predicted molar refractivity (Wildman–Crippen MR) is 77.4 cm³/mol. The van der Waals surface area contributed by atoms with Crippen molar-refractivity contribution in [3.05, 3.63) is 22.4 Å². The molecule has 0 saturated heterocycles. The molecule has 2 atom stereocenters. The summed E-state index contributed by atoms with van der Waals surface area (Å²) in [4.78, 5) is 3.91. The lowest BCUT2D eigenvalue weighted by Gasteiger charge is -2.24. The van der Waals surface area contributed by atoms with Crippen molar-refractivity contribution in [2.24, 2.45) is 11.7 Å². The van der Waals surface area contributed by atoms with Crippen molar-refractivity contribution < 1.29 is 0 Å². The Hall–Kier alpha value is -0.380. The standard InChI is InChI=1S/C14H26N2S/c1-12(8-9-15)6-4-10-16(3)13(2)14-7-5-11-17-14/h5,7,11-13H,4,6,8-10,15H2,1-3H3. The zero-order chi connectivity index (χ0) is 12.7. The molecule has 0 bridgehead atoms. The Kier molecular flexibility index (Phi) is 6.78. The summed E-state index contributed by atoms with van der Waals surface area (Å²) in [7, 11) is 2.22. The van der Waals surface area contributed by atoms with E-state index in [0.717, 1.165) is 18.9 Å². The van der Waals surface area contributed by atoms with Crippen molar-refractivity contribution in [2.75, 3.05) is 20.1 Å². The van der Waals surface area contributed by atoms with Crippen molar-refractivity contribution in [3.8, 4) is 0 Å². The first-order valence-corrected chi connectivity index (χ1v) is 7.46. The van der Waals surface area contributed by atoms with Crippen LogP contribution in [0.3, 0.4) is 0 Å². The molecule has 1 aromatic heterocycles. The summed E-state index contributed by atoms with van der Waals surface area (Å²) in [6.07, 6.45) is 3.72. The van der Waals surface area contributed by atoms with Crippen molar-refractivity contribution in [3.63, 3.8) is 0 Å². The highest BCUT2D eigenvalue weighted by Gasteiger charge is 2.12. The molecule has 1 aromatic rings. The van der Waals surface area contributed by atoms with E-state index >= 15 is 0 Å². The van der Waals surface area contributed by atoms with Gasteiger partial charge in [0.05, 0.1) is 0 Å². The van der Waals surface area contributed by atoms with E-state index in [0.29, 0.717) is 6.04 Å². The van der Waals surface area contributed by atoms with E-state index in [1.54, 1.807) is 0 Å². The van der Waals surface area contributed by atoms with Gasteiger partial charge in [-0.3, -0.25) is 4.90 Å². The second-order valence-electron chi connectivity index (χ2n) is 5.00. The lowest BCUT2D eigenvalue weighted by atomic mass is 10.0. The van der Waals surface area contributed by atoms with Crippen molar-refractivity contribution >= 4 is 11.3 Å². The molecule has 0 aromatic carbocycles. The highest BCUT2D eigenvalue weighted by Crippen LogP contribution is 2.23. The maximum Gasteiger partial charge on any atom is 0.0410 e. The van der Waals surface area contributed by atoms with Gasteiger partial charge in [0.15, 0.2) is 0 Å². The number of hydrogen-bond acceptors (Lipinski definition) is 3. The van der Waals surface area contributed by atoms with Crippen LogP contribution in [0.4, 0.5) is 0 Å². The lowest BCUT2D eigenvalue weighted by molar-refractivity contribution is 0.252. The molecule has 0 fully saturated rings. The van der Waals surface area contributed by atoms with Gasteiger partial charge in [-0.25, -0.2) is 0 Å². The fourth-order valence-corrected chi connectivity index (χ4v) is 2.91. The summed E-state index contributed by atoms with van der Waals surface area (Å²) < 4.78 is 0. The van der Waals surface area contributed by atoms with Crippen LogP contribution in [0, 0.1) is 5.92 Å². The summed E-state index contributed by atoms with van der Waals surface area (Å²) in [5.74, 6) is 0.769. The SMILES string of the molecule is CC(CCN)CCCN(C)C(C)c1cccs1. The number of nitrogens with zero attached hydrogens (tertiary/aromatic N) is 1. The Morgan fingerprint density at radius 2 is 2.12 bits per heavy atom. The van der Waals surface area contributed by atoms with Crippen molar-refractivity contribution in [1.82, 2.24) is 4.90 Å². The topological polar surface area (TPSA) is 29.3 Å². The van der Waals surface area contributed by atoms with Crippen LogP contribution in [0.5, 0.6) is 0 Å². The van der Waals surface area contributed by atoms with E-state index in [-0.39, 0.29) is 0 Å². The third kappa shape index (κ3) is 5.19. The molecule has 0 aliphatic carbocycles. The number of nitrogens with two attached hydrogens (primary N) is 1. The number of rotatable bonds is 8. The first-order valence-electron chi connectivity index (χ1n) is 6.58. The minimum Gasteiger partial charge on any atom is -0.330 e. The average Bonchev–Trinajstić information content (AvgIpc) is 2.81. The summed E-state index contributed by atoms with van der Waals surface area (Å²) in [5, 5.41) is 2.16. The van der Waals surface area contributed by atoms with Crippen LogP contribution < -0.4 is 5.73 Å². The Morgan fingerprint density at radius 1 is 1.35 bits per heavy atom. The smallest absolute Gasteiger partial charge is 0.0410 e. The van der Waals surface area contributed by atoms with E-state index in [2.05, 4.69) is 43.3 Å². The molecular weight excluding hydrogens is 228 g/mol. The first-order chi connectivity index (χ1) is 8.15. The molecular formula is C14H26N2S. The molecule has 3 heteroatoms. The van der Waals surface area contributed by atoms with E-state index in [9.17, 15) is 0 Å². The van der Waals surface area contributed by atoms with Gasteiger partial charge in [0.1, 0.15) is 0 Å². The summed E-state index contributed by atoms with van der Waals surface area (Å²) >= 11 is 1.85. The van der Waals surface area contributed by atoms with Crippen molar-refractivity contribution in [2.45, 2.75) is 39.2 Å². The zero-order valence-electron chi connectivity index (χ0n) is 11.4. The highest BCUT2D eigenvalue weighted by molar-refractivity contribution is 7.10. The van der Waals surface area contributed by atoms with Gasteiger partial charge in [-0.05, 0) is 63.7 Å². The molecule has 2 unspecified atom stereocenters. The van der Waals surface area contributed by atoms with Crippen LogP contribution >= 0.6 is 11.3 Å². The molecule has 0 amide bonds. The Bertz CT molecular complexity index is 284. The molecule has 0 saturated carbocycles. The van der Waals surface area contributed by atoms with Gasteiger partial charge < -0.3 is 5.73 Å². The average molecular weight is 254 g/mol. The largest absolute Gasteiger partial charge is 0.330 e. The van der Waals surface area contributed by atoms with Gasteiger partial charge in [-0.2, -0.15) is 0 Å². The fraction of sp³-hybridized carbons (Fsp3) is 0.714. The minimum atomic E-state index is 0.541. The third-order valence-corrected chi connectivity index (χ3v) is 4.53. The number of thiophene rings is 1. The summed E-state index contributed by atoms with van der Waals surface area (Å²) in [6.45, 7) is 6.58. The normalized spacial score (nSPS) is 15.1. The molecule has 98 valence electrons. The van der Waals surface area contributed by atoms with Gasteiger partial charge in [0, 0.05) is 10.9 Å². The van der Waals surface area contributed by atoms with Crippen LogP contribution in [0.15, 0.2) is 17.5 Å².